The summed E-state index contributed by atoms with van der Waals surface area (Å²) in [6, 6.07) is 4.25. The molecule has 0 unspecified atom stereocenters. The minimum Gasteiger partial charge on any atom is -0.480 e. The fraction of sp³-hybridized carbons (Fsp3) is 0.182. The zero-order valence-corrected chi connectivity index (χ0v) is 10.9. The first-order valence-electron chi connectivity index (χ1n) is 4.94. The smallest absolute Gasteiger partial charge is 0.322 e. The first-order valence-corrected chi connectivity index (χ1v) is 6.06. The lowest BCUT2D eigenvalue weighted by molar-refractivity contribution is -0.135. The van der Waals surface area contributed by atoms with Crippen molar-refractivity contribution in [3.8, 4) is 0 Å². The van der Waals surface area contributed by atoms with E-state index in [1.165, 1.54) is 18.2 Å². The molecule has 0 spiro atoms. The molecule has 6 nitrogen and oxygen atoms in total. The maximum Gasteiger partial charge on any atom is 0.322 e. The predicted octanol–water partition coefficient (Wildman–Crippen LogP) is 0.661. The maximum absolute atomic E-state index is 11.7. The number of carbonyl (C=O) groups excluding carboxylic acids is 2. The lowest BCUT2D eigenvalue weighted by Gasteiger charge is -2.08. The Bertz CT molecular complexity index is 502. The molecule has 1 aromatic carbocycles. The monoisotopic (exact) mass is 314 g/mol. The number of ketones is 1. The van der Waals surface area contributed by atoms with Crippen LogP contribution in [0.1, 0.15) is 20.7 Å². The number of nitrogen functional groups attached to an aromatic ring is 1. The Morgan fingerprint density at radius 1 is 1.28 bits per heavy atom. The van der Waals surface area contributed by atoms with Gasteiger partial charge in [-0.2, -0.15) is 0 Å². The van der Waals surface area contributed by atoms with Gasteiger partial charge < -0.3 is 16.2 Å². The second kappa shape index (κ2) is 6.15. The number of nitrogens with one attached hydrogen (secondary N) is 1. The Balaban J connectivity index is 3.03. The number of benzene rings is 1. The van der Waals surface area contributed by atoms with Crippen molar-refractivity contribution in [3.63, 3.8) is 0 Å². The van der Waals surface area contributed by atoms with Gasteiger partial charge in [-0.3, -0.25) is 14.4 Å². The summed E-state index contributed by atoms with van der Waals surface area (Å²) >= 11 is 3.01. The Morgan fingerprint density at radius 2 is 1.94 bits per heavy atom. The van der Waals surface area contributed by atoms with Gasteiger partial charge in [0.2, 0.25) is 0 Å². The highest BCUT2D eigenvalue weighted by Gasteiger charge is 2.17. The van der Waals surface area contributed by atoms with E-state index in [2.05, 4.69) is 21.2 Å². The van der Waals surface area contributed by atoms with Crippen LogP contribution in [0.4, 0.5) is 5.69 Å². The number of nitrogens with two attached hydrogens (primary N) is 1. The number of hydrogen-bond acceptors (Lipinski definition) is 4. The fourth-order valence-corrected chi connectivity index (χ4v) is 1.62. The zero-order chi connectivity index (χ0) is 13.7. The van der Waals surface area contributed by atoms with Crippen LogP contribution in [0.3, 0.4) is 0 Å². The van der Waals surface area contributed by atoms with Gasteiger partial charge in [0.05, 0.1) is 10.9 Å². The molecular formula is C11H11BrN2O4. The molecule has 96 valence electrons. The number of aliphatic carboxylic acids is 1. The van der Waals surface area contributed by atoms with Crippen molar-refractivity contribution < 1.29 is 19.5 Å². The largest absolute Gasteiger partial charge is 0.480 e. The van der Waals surface area contributed by atoms with Gasteiger partial charge in [-0.05, 0) is 18.2 Å². The van der Waals surface area contributed by atoms with Crippen molar-refractivity contribution in [2.45, 2.75) is 0 Å². The number of rotatable bonds is 5. The van der Waals surface area contributed by atoms with Gasteiger partial charge in [0, 0.05) is 11.3 Å². The van der Waals surface area contributed by atoms with E-state index >= 15 is 0 Å². The molecule has 18 heavy (non-hydrogen) atoms. The van der Waals surface area contributed by atoms with Crippen LogP contribution in [0.25, 0.3) is 0 Å². The van der Waals surface area contributed by atoms with E-state index in [9.17, 15) is 14.4 Å². The van der Waals surface area contributed by atoms with Crippen LogP contribution >= 0.6 is 15.9 Å². The number of alkyl halides is 1. The fourth-order valence-electron chi connectivity index (χ4n) is 1.31. The first-order chi connectivity index (χ1) is 8.45. The minimum absolute atomic E-state index is 0.0513. The number of Topliss-reactive ketones (excluding diaryl/α,β-unsaturated/α-hetero) is 1. The van der Waals surface area contributed by atoms with Crippen LogP contribution in [0.2, 0.25) is 0 Å². The lowest BCUT2D eigenvalue weighted by atomic mass is 10.0. The molecule has 0 aliphatic rings. The summed E-state index contributed by atoms with van der Waals surface area (Å²) in [4.78, 5) is 33.7. The highest BCUT2D eigenvalue weighted by Crippen LogP contribution is 2.15. The van der Waals surface area contributed by atoms with Gasteiger partial charge >= 0.3 is 5.97 Å². The second-order valence-corrected chi connectivity index (χ2v) is 4.00. The first kappa shape index (κ1) is 14.2. The molecule has 0 aliphatic heterocycles. The number of anilines is 1. The Morgan fingerprint density at radius 3 is 2.50 bits per heavy atom. The van der Waals surface area contributed by atoms with E-state index in [0.717, 1.165) is 0 Å². The molecule has 7 heteroatoms. The summed E-state index contributed by atoms with van der Waals surface area (Å²) in [7, 11) is 0. The van der Waals surface area contributed by atoms with E-state index in [-0.39, 0.29) is 22.2 Å². The lowest BCUT2D eigenvalue weighted by Crippen LogP contribution is -2.30. The Hall–Kier alpha value is -1.89. The van der Waals surface area contributed by atoms with Crippen LogP contribution < -0.4 is 11.1 Å². The molecule has 0 saturated carbocycles. The van der Waals surface area contributed by atoms with Gasteiger partial charge in [0.1, 0.15) is 6.54 Å². The van der Waals surface area contributed by atoms with Crippen LogP contribution in [-0.4, -0.2) is 34.6 Å². The van der Waals surface area contributed by atoms with Crippen molar-refractivity contribution in [2.24, 2.45) is 0 Å². The quantitative estimate of drug-likeness (QED) is 0.420. The van der Waals surface area contributed by atoms with Crippen LogP contribution in [-0.2, 0) is 4.79 Å². The van der Waals surface area contributed by atoms with Gasteiger partial charge in [-0.1, -0.05) is 15.9 Å². The van der Waals surface area contributed by atoms with Crippen molar-refractivity contribution in [1.82, 2.24) is 5.32 Å². The molecule has 4 N–H and O–H groups in total. The van der Waals surface area contributed by atoms with Crippen LogP contribution in [0.15, 0.2) is 18.2 Å². The molecule has 0 aromatic heterocycles. The Labute approximate surface area is 111 Å². The number of amides is 1. The molecule has 0 saturated heterocycles. The minimum atomic E-state index is -1.16. The number of carboxylic acid groups (broad SMARTS) is 1. The van der Waals surface area contributed by atoms with E-state index in [0.29, 0.717) is 5.69 Å². The third kappa shape index (κ3) is 3.56. The molecular weight excluding hydrogens is 304 g/mol. The number of carboxylic acids is 1. The molecule has 0 atom stereocenters. The van der Waals surface area contributed by atoms with Crippen molar-refractivity contribution in [2.75, 3.05) is 17.6 Å². The normalized spacial score (nSPS) is 9.83. The average Bonchev–Trinajstić information content (AvgIpc) is 2.34. The van der Waals surface area contributed by atoms with E-state index < -0.39 is 18.4 Å². The second-order valence-electron chi connectivity index (χ2n) is 3.44. The summed E-state index contributed by atoms with van der Waals surface area (Å²) < 4.78 is 0. The molecule has 1 rings (SSSR count). The molecule has 0 aliphatic carbocycles. The van der Waals surface area contributed by atoms with Crippen molar-refractivity contribution >= 4 is 39.3 Å². The van der Waals surface area contributed by atoms with Gasteiger partial charge in [-0.15, -0.1) is 0 Å². The Kier molecular flexibility index (Phi) is 4.85. The highest BCUT2D eigenvalue weighted by atomic mass is 79.9. The molecule has 0 bridgehead atoms. The number of carbonyl (C=O) groups is 3. The SMILES string of the molecule is Nc1ccc(C(=O)NCC(=O)O)c(C(=O)CBr)c1. The van der Waals surface area contributed by atoms with Crippen molar-refractivity contribution in [3.05, 3.63) is 29.3 Å². The summed E-state index contributed by atoms with van der Waals surface area (Å²) in [5.41, 5.74) is 6.17. The predicted molar refractivity (Wildman–Crippen MR) is 68.9 cm³/mol. The topological polar surface area (TPSA) is 109 Å². The standard InChI is InChI=1S/C11H11BrN2O4/c12-4-9(15)8-3-6(13)1-2-7(8)11(18)14-5-10(16)17/h1-3H,4-5,13H2,(H,14,18)(H,16,17). The summed E-state index contributed by atoms with van der Waals surface area (Å²) in [5.74, 6) is -2.09. The van der Waals surface area contributed by atoms with E-state index in [1.807, 2.05) is 0 Å². The summed E-state index contributed by atoms with van der Waals surface area (Å²) in [6.07, 6.45) is 0. The highest BCUT2D eigenvalue weighted by molar-refractivity contribution is 9.09. The van der Waals surface area contributed by atoms with Crippen molar-refractivity contribution in [1.29, 1.82) is 0 Å². The molecule has 1 amide bonds. The van der Waals surface area contributed by atoms with Gasteiger partial charge in [0.15, 0.2) is 5.78 Å². The van der Waals surface area contributed by atoms with Gasteiger partial charge in [0.25, 0.3) is 5.91 Å². The zero-order valence-electron chi connectivity index (χ0n) is 9.27. The summed E-state index contributed by atoms with van der Waals surface area (Å²) in [5, 5.41) is 10.7. The van der Waals surface area contributed by atoms with Crippen LogP contribution in [0, 0.1) is 0 Å². The molecule has 0 radical (unpaired) electrons. The van der Waals surface area contributed by atoms with E-state index in [4.69, 9.17) is 10.8 Å². The molecule has 0 fully saturated rings. The third-order valence-corrected chi connectivity index (χ3v) is 2.62. The van der Waals surface area contributed by atoms with E-state index in [1.54, 1.807) is 0 Å². The maximum atomic E-state index is 11.7. The molecule has 1 aromatic rings. The van der Waals surface area contributed by atoms with Crippen LogP contribution in [0.5, 0.6) is 0 Å². The van der Waals surface area contributed by atoms with Gasteiger partial charge in [-0.25, -0.2) is 0 Å². The molecule has 0 heterocycles. The third-order valence-electron chi connectivity index (χ3n) is 2.11. The average molecular weight is 315 g/mol. The number of halogens is 1. The summed E-state index contributed by atoms with van der Waals surface area (Å²) in [6.45, 7) is -0.509. The number of hydrogen-bond donors (Lipinski definition) is 3.